The summed E-state index contributed by atoms with van der Waals surface area (Å²) < 4.78 is 11.7. The number of pyridine rings is 1. The Labute approximate surface area is 105 Å². The Bertz CT molecular complexity index is 412. The SMILES string of the molecule is CC(CS(C)=O)NC(=O)c1cncc(Br)c1. The van der Waals surface area contributed by atoms with E-state index in [9.17, 15) is 9.00 Å². The van der Waals surface area contributed by atoms with Crippen molar-refractivity contribution in [1.29, 1.82) is 0 Å². The molecule has 1 N–H and O–H groups in total. The van der Waals surface area contributed by atoms with E-state index in [0.29, 0.717) is 11.3 Å². The van der Waals surface area contributed by atoms with E-state index in [0.717, 1.165) is 4.47 Å². The van der Waals surface area contributed by atoms with Gasteiger partial charge in [0.15, 0.2) is 0 Å². The first kappa shape index (κ1) is 13.3. The molecule has 4 nitrogen and oxygen atoms in total. The molecular weight excluding hydrogens is 292 g/mol. The van der Waals surface area contributed by atoms with Crippen molar-refractivity contribution in [2.75, 3.05) is 12.0 Å². The maximum atomic E-state index is 11.7. The molecule has 0 fully saturated rings. The molecule has 1 aromatic heterocycles. The van der Waals surface area contributed by atoms with Gasteiger partial charge in [-0.25, -0.2) is 0 Å². The van der Waals surface area contributed by atoms with Gasteiger partial charge >= 0.3 is 0 Å². The molecule has 1 amide bonds. The van der Waals surface area contributed by atoms with Crippen LogP contribution >= 0.6 is 15.9 Å². The average molecular weight is 305 g/mol. The zero-order valence-electron chi connectivity index (χ0n) is 9.07. The van der Waals surface area contributed by atoms with Crippen molar-refractivity contribution in [2.45, 2.75) is 13.0 Å². The number of amides is 1. The lowest BCUT2D eigenvalue weighted by Gasteiger charge is -2.12. The van der Waals surface area contributed by atoms with Crippen molar-refractivity contribution < 1.29 is 9.00 Å². The lowest BCUT2D eigenvalue weighted by Crippen LogP contribution is -2.36. The second-order valence-electron chi connectivity index (χ2n) is 3.51. The third-order valence-corrected chi connectivity index (χ3v) is 3.23. The van der Waals surface area contributed by atoms with E-state index >= 15 is 0 Å². The molecule has 0 aliphatic heterocycles. The Hall–Kier alpha value is -0.750. The highest BCUT2D eigenvalue weighted by Gasteiger charge is 2.11. The zero-order chi connectivity index (χ0) is 12.1. The maximum absolute atomic E-state index is 11.7. The third-order valence-electron chi connectivity index (χ3n) is 1.83. The normalized spacial score (nSPS) is 14.2. The van der Waals surface area contributed by atoms with Crippen molar-refractivity contribution in [3.63, 3.8) is 0 Å². The summed E-state index contributed by atoms with van der Waals surface area (Å²) in [5, 5.41) is 2.76. The van der Waals surface area contributed by atoms with Gasteiger partial charge < -0.3 is 5.32 Å². The minimum atomic E-state index is -0.912. The Morgan fingerprint density at radius 2 is 2.31 bits per heavy atom. The lowest BCUT2D eigenvalue weighted by atomic mass is 10.2. The van der Waals surface area contributed by atoms with Crippen LogP contribution in [0.5, 0.6) is 0 Å². The Morgan fingerprint density at radius 1 is 1.62 bits per heavy atom. The third kappa shape index (κ3) is 4.40. The number of carbonyl (C=O) groups is 1. The molecule has 1 aromatic rings. The molecule has 1 heterocycles. The van der Waals surface area contributed by atoms with Crippen LogP contribution in [-0.2, 0) is 10.8 Å². The summed E-state index contributed by atoms with van der Waals surface area (Å²) in [6, 6.07) is 1.58. The number of carbonyl (C=O) groups excluding carboxylic acids is 1. The monoisotopic (exact) mass is 304 g/mol. The quantitative estimate of drug-likeness (QED) is 0.913. The van der Waals surface area contributed by atoms with Crippen LogP contribution in [0.4, 0.5) is 0 Å². The summed E-state index contributed by atoms with van der Waals surface area (Å²) in [6.07, 6.45) is 4.72. The highest BCUT2D eigenvalue weighted by molar-refractivity contribution is 9.10. The molecule has 2 atom stereocenters. The minimum Gasteiger partial charge on any atom is -0.349 e. The maximum Gasteiger partial charge on any atom is 0.253 e. The highest BCUT2D eigenvalue weighted by Crippen LogP contribution is 2.09. The molecule has 16 heavy (non-hydrogen) atoms. The summed E-state index contributed by atoms with van der Waals surface area (Å²) in [5.41, 5.74) is 0.489. The molecule has 1 rings (SSSR count). The first-order valence-corrected chi connectivity index (χ1v) is 7.22. The van der Waals surface area contributed by atoms with Gasteiger partial charge in [0.25, 0.3) is 5.91 Å². The van der Waals surface area contributed by atoms with Gasteiger partial charge in [-0.15, -0.1) is 0 Å². The van der Waals surface area contributed by atoms with Gasteiger partial charge in [-0.05, 0) is 28.9 Å². The van der Waals surface area contributed by atoms with E-state index in [1.165, 1.54) is 6.20 Å². The van der Waals surface area contributed by atoms with Crippen molar-refractivity contribution >= 4 is 32.6 Å². The van der Waals surface area contributed by atoms with Crippen LogP contribution < -0.4 is 5.32 Å². The second kappa shape index (κ2) is 6.10. The molecular formula is C10H13BrN2O2S. The zero-order valence-corrected chi connectivity index (χ0v) is 11.5. The van der Waals surface area contributed by atoms with Crippen LogP contribution in [0.3, 0.4) is 0 Å². The Morgan fingerprint density at radius 3 is 2.88 bits per heavy atom. The predicted molar refractivity (Wildman–Crippen MR) is 67.8 cm³/mol. The fourth-order valence-corrected chi connectivity index (χ4v) is 2.39. The van der Waals surface area contributed by atoms with Gasteiger partial charge in [0.2, 0.25) is 0 Å². The number of hydrogen-bond acceptors (Lipinski definition) is 3. The molecule has 0 saturated carbocycles. The molecule has 0 bridgehead atoms. The molecule has 6 heteroatoms. The smallest absolute Gasteiger partial charge is 0.253 e. The van der Waals surface area contributed by atoms with Crippen molar-refractivity contribution in [1.82, 2.24) is 10.3 Å². The fourth-order valence-electron chi connectivity index (χ4n) is 1.24. The Kier molecular flexibility index (Phi) is 5.08. The van der Waals surface area contributed by atoms with Crippen LogP contribution in [0, 0.1) is 0 Å². The van der Waals surface area contributed by atoms with Gasteiger partial charge in [0, 0.05) is 45.7 Å². The number of hydrogen-bond donors (Lipinski definition) is 1. The number of rotatable bonds is 4. The van der Waals surface area contributed by atoms with E-state index in [1.54, 1.807) is 18.5 Å². The molecule has 0 saturated heterocycles. The van der Waals surface area contributed by atoms with E-state index < -0.39 is 10.8 Å². The van der Waals surface area contributed by atoms with Gasteiger partial charge in [0.1, 0.15) is 0 Å². The molecule has 0 aliphatic carbocycles. The van der Waals surface area contributed by atoms with Gasteiger partial charge in [-0.3, -0.25) is 14.0 Å². The topological polar surface area (TPSA) is 59.1 Å². The van der Waals surface area contributed by atoms with Crippen molar-refractivity contribution in [3.05, 3.63) is 28.5 Å². The largest absolute Gasteiger partial charge is 0.349 e. The minimum absolute atomic E-state index is 0.114. The molecule has 0 spiro atoms. The summed E-state index contributed by atoms with van der Waals surface area (Å²) in [5.74, 6) is 0.249. The van der Waals surface area contributed by atoms with Crippen LogP contribution in [0.25, 0.3) is 0 Å². The number of halogens is 1. The van der Waals surface area contributed by atoms with E-state index in [1.807, 2.05) is 6.92 Å². The average Bonchev–Trinajstić information content (AvgIpc) is 2.16. The summed E-state index contributed by atoms with van der Waals surface area (Å²) in [7, 11) is -0.912. The first-order valence-electron chi connectivity index (χ1n) is 4.70. The Balaban J connectivity index is 2.62. The van der Waals surface area contributed by atoms with Crippen LogP contribution in [0.15, 0.2) is 22.9 Å². The first-order chi connectivity index (χ1) is 7.49. The highest BCUT2D eigenvalue weighted by atomic mass is 79.9. The molecule has 0 radical (unpaired) electrons. The van der Waals surface area contributed by atoms with Crippen LogP contribution in [0.1, 0.15) is 17.3 Å². The number of nitrogens with zero attached hydrogens (tertiary/aromatic N) is 1. The van der Waals surface area contributed by atoms with Crippen molar-refractivity contribution in [2.24, 2.45) is 0 Å². The predicted octanol–water partition coefficient (Wildman–Crippen LogP) is 1.34. The van der Waals surface area contributed by atoms with E-state index in [2.05, 4.69) is 26.2 Å². The van der Waals surface area contributed by atoms with E-state index in [-0.39, 0.29) is 11.9 Å². The summed E-state index contributed by atoms with van der Waals surface area (Å²) >= 11 is 3.25. The number of aromatic nitrogens is 1. The molecule has 2 unspecified atom stereocenters. The summed E-state index contributed by atoms with van der Waals surface area (Å²) in [4.78, 5) is 15.6. The van der Waals surface area contributed by atoms with Crippen LogP contribution in [-0.4, -0.2) is 33.2 Å². The summed E-state index contributed by atoms with van der Waals surface area (Å²) in [6.45, 7) is 1.82. The number of nitrogens with one attached hydrogen (secondary N) is 1. The van der Waals surface area contributed by atoms with Crippen LogP contribution in [0.2, 0.25) is 0 Å². The van der Waals surface area contributed by atoms with Gasteiger partial charge in [-0.1, -0.05) is 0 Å². The second-order valence-corrected chi connectivity index (χ2v) is 5.90. The lowest BCUT2D eigenvalue weighted by molar-refractivity contribution is 0.0943. The fraction of sp³-hybridized carbons (Fsp3) is 0.400. The molecule has 0 aliphatic rings. The molecule has 88 valence electrons. The van der Waals surface area contributed by atoms with E-state index in [4.69, 9.17) is 0 Å². The van der Waals surface area contributed by atoms with Crippen molar-refractivity contribution in [3.8, 4) is 0 Å². The van der Waals surface area contributed by atoms with Gasteiger partial charge in [0.05, 0.1) is 5.56 Å². The van der Waals surface area contributed by atoms with Gasteiger partial charge in [-0.2, -0.15) is 0 Å². The molecule has 0 aromatic carbocycles. The standard InChI is InChI=1S/C10H13BrN2O2S/c1-7(6-16(2)15)13-10(14)8-3-9(11)5-12-4-8/h3-5,7H,6H2,1-2H3,(H,13,14).